The van der Waals surface area contributed by atoms with Crippen molar-refractivity contribution in [3.8, 4) is 0 Å². The van der Waals surface area contributed by atoms with E-state index < -0.39 is 0 Å². The summed E-state index contributed by atoms with van der Waals surface area (Å²) in [5, 5.41) is 0. The first-order valence-electron chi connectivity index (χ1n) is 5.16. The second-order valence-corrected chi connectivity index (χ2v) is 4.56. The number of β-lactam (4-membered cyclic amide) rings is 1. The zero-order chi connectivity index (χ0) is 11.7. The van der Waals surface area contributed by atoms with E-state index in [1.165, 1.54) is 23.1 Å². The van der Waals surface area contributed by atoms with Crippen LogP contribution in [0.5, 0.6) is 0 Å². The van der Waals surface area contributed by atoms with Crippen LogP contribution < -0.4 is 0 Å². The maximum Gasteiger partial charge on any atom is 0.264 e. The molecule has 0 bridgehead atoms. The van der Waals surface area contributed by atoms with Gasteiger partial charge in [-0.2, -0.15) is 0 Å². The second-order valence-electron chi connectivity index (χ2n) is 3.80. The third-order valence-corrected chi connectivity index (χ3v) is 3.76. The lowest BCUT2D eigenvalue weighted by molar-refractivity contribution is -0.158. The second kappa shape index (κ2) is 4.47. The number of amides is 1. The number of methoxy groups -OCH3 is 1. The van der Waals surface area contributed by atoms with Gasteiger partial charge in [-0.25, -0.2) is 0 Å². The predicted octanol–water partition coefficient (Wildman–Crippen LogP) is 2.17. The van der Waals surface area contributed by atoms with Crippen LogP contribution in [0.1, 0.15) is 17.2 Å². The van der Waals surface area contributed by atoms with E-state index in [9.17, 15) is 4.79 Å². The molecule has 1 heterocycles. The average Bonchev–Trinajstić information content (AvgIpc) is 2.28. The lowest BCUT2D eigenvalue weighted by Crippen LogP contribution is -2.56. The molecule has 0 N–H and O–H groups in total. The summed E-state index contributed by atoms with van der Waals surface area (Å²) in [5.74, 6) is 0.0586. The molecule has 1 aromatic rings. The van der Waals surface area contributed by atoms with Crippen molar-refractivity contribution >= 4 is 17.9 Å². The van der Waals surface area contributed by atoms with Crippen LogP contribution in [0.25, 0.3) is 0 Å². The Morgan fingerprint density at radius 3 is 2.62 bits per heavy atom. The van der Waals surface area contributed by atoms with Crippen molar-refractivity contribution in [2.45, 2.75) is 19.1 Å². The molecule has 1 amide bonds. The van der Waals surface area contributed by atoms with E-state index in [0.717, 1.165) is 0 Å². The molecule has 0 aromatic heterocycles. The molecule has 0 spiro atoms. The number of benzene rings is 1. The number of aryl methyl sites for hydroxylation is 1. The Balaban J connectivity index is 2.32. The molecule has 0 saturated carbocycles. The molecule has 0 aliphatic carbocycles. The molecule has 1 saturated heterocycles. The van der Waals surface area contributed by atoms with E-state index in [0.29, 0.717) is 0 Å². The first-order chi connectivity index (χ1) is 7.70. The first-order valence-corrected chi connectivity index (χ1v) is 6.34. The van der Waals surface area contributed by atoms with Crippen LogP contribution in [0, 0.1) is 6.92 Å². The van der Waals surface area contributed by atoms with Crippen LogP contribution in [0.3, 0.4) is 0 Å². The van der Waals surface area contributed by atoms with E-state index in [-0.39, 0.29) is 18.1 Å². The topological polar surface area (TPSA) is 29.5 Å². The Morgan fingerprint density at radius 1 is 1.38 bits per heavy atom. The first kappa shape index (κ1) is 11.5. The molecule has 16 heavy (non-hydrogen) atoms. The average molecular weight is 237 g/mol. The third kappa shape index (κ3) is 1.62. The number of ether oxygens (including phenoxy) is 1. The Kier molecular flexibility index (Phi) is 3.21. The van der Waals surface area contributed by atoms with E-state index in [4.69, 9.17) is 4.74 Å². The van der Waals surface area contributed by atoms with Gasteiger partial charge in [-0.3, -0.25) is 9.10 Å². The fraction of sp³-hybridized carbons (Fsp3) is 0.417. The molecule has 86 valence electrons. The van der Waals surface area contributed by atoms with Gasteiger partial charge in [-0.05, 0) is 18.1 Å². The van der Waals surface area contributed by atoms with Crippen LogP contribution >= 0.6 is 11.9 Å². The smallest absolute Gasteiger partial charge is 0.264 e. The molecule has 0 radical (unpaired) electrons. The van der Waals surface area contributed by atoms with Gasteiger partial charge in [0.15, 0.2) is 6.10 Å². The van der Waals surface area contributed by atoms with Gasteiger partial charge in [0.2, 0.25) is 0 Å². The van der Waals surface area contributed by atoms with Crippen molar-refractivity contribution in [1.29, 1.82) is 0 Å². The highest BCUT2D eigenvalue weighted by Crippen LogP contribution is 2.41. The van der Waals surface area contributed by atoms with Gasteiger partial charge in [0.25, 0.3) is 5.91 Å². The minimum Gasteiger partial charge on any atom is -0.369 e. The quantitative estimate of drug-likeness (QED) is 0.596. The Bertz CT molecular complexity index is 394. The van der Waals surface area contributed by atoms with E-state index in [2.05, 4.69) is 19.1 Å². The van der Waals surface area contributed by atoms with Gasteiger partial charge >= 0.3 is 0 Å². The van der Waals surface area contributed by atoms with Crippen LogP contribution in [0.2, 0.25) is 0 Å². The highest BCUT2D eigenvalue weighted by molar-refractivity contribution is 7.96. The molecule has 1 aromatic carbocycles. The molecule has 3 nitrogen and oxygen atoms in total. The Hall–Kier alpha value is -1.00. The highest BCUT2D eigenvalue weighted by atomic mass is 32.2. The van der Waals surface area contributed by atoms with Gasteiger partial charge in [-0.1, -0.05) is 36.2 Å². The molecular weight excluding hydrogens is 222 g/mol. The molecule has 2 rings (SSSR count). The lowest BCUT2D eigenvalue weighted by atomic mass is 9.91. The Labute approximate surface area is 99.9 Å². The van der Waals surface area contributed by atoms with Crippen molar-refractivity contribution in [3.63, 3.8) is 0 Å². The summed E-state index contributed by atoms with van der Waals surface area (Å²) in [4.78, 5) is 11.7. The van der Waals surface area contributed by atoms with E-state index in [1.807, 2.05) is 18.4 Å². The number of rotatable bonds is 3. The van der Waals surface area contributed by atoms with Crippen LogP contribution in [-0.4, -0.2) is 29.7 Å². The summed E-state index contributed by atoms with van der Waals surface area (Å²) in [5.41, 5.74) is 2.37. The molecule has 4 heteroatoms. The maximum atomic E-state index is 11.7. The summed E-state index contributed by atoms with van der Waals surface area (Å²) >= 11 is 1.45. The monoisotopic (exact) mass is 237 g/mol. The molecule has 2 atom stereocenters. The van der Waals surface area contributed by atoms with Crippen LogP contribution in [0.4, 0.5) is 0 Å². The molecular formula is C12H15NO2S. The maximum absolute atomic E-state index is 11.7. The van der Waals surface area contributed by atoms with Gasteiger partial charge in [0.05, 0.1) is 0 Å². The van der Waals surface area contributed by atoms with Gasteiger partial charge < -0.3 is 4.74 Å². The van der Waals surface area contributed by atoms with Crippen LogP contribution in [0.15, 0.2) is 24.3 Å². The normalized spacial score (nSPS) is 24.4. The minimum absolute atomic E-state index is 0.0497. The zero-order valence-corrected chi connectivity index (χ0v) is 10.5. The number of carbonyl (C=O) groups excluding carboxylic acids is 1. The molecule has 1 fully saturated rings. The molecule has 2 unspecified atom stereocenters. The van der Waals surface area contributed by atoms with Crippen molar-refractivity contribution in [1.82, 2.24) is 4.31 Å². The number of hydrogen-bond donors (Lipinski definition) is 0. The number of nitrogens with zero attached hydrogens (tertiary/aromatic N) is 1. The van der Waals surface area contributed by atoms with Crippen molar-refractivity contribution in [3.05, 3.63) is 35.4 Å². The summed E-state index contributed by atoms with van der Waals surface area (Å²) < 4.78 is 7.02. The van der Waals surface area contributed by atoms with Gasteiger partial charge in [0.1, 0.15) is 6.04 Å². The lowest BCUT2D eigenvalue weighted by Gasteiger charge is -2.45. The van der Waals surface area contributed by atoms with E-state index >= 15 is 0 Å². The van der Waals surface area contributed by atoms with Crippen molar-refractivity contribution in [2.24, 2.45) is 0 Å². The summed E-state index contributed by atoms with van der Waals surface area (Å²) in [6, 6.07) is 8.17. The minimum atomic E-state index is -0.325. The third-order valence-electron chi connectivity index (χ3n) is 2.96. The number of carbonyl (C=O) groups is 1. The predicted molar refractivity (Wildman–Crippen MR) is 65.1 cm³/mol. The van der Waals surface area contributed by atoms with Gasteiger partial charge in [0, 0.05) is 13.4 Å². The summed E-state index contributed by atoms with van der Waals surface area (Å²) in [7, 11) is 1.59. The van der Waals surface area contributed by atoms with E-state index in [1.54, 1.807) is 11.4 Å². The largest absolute Gasteiger partial charge is 0.369 e. The molecule has 1 aliphatic heterocycles. The zero-order valence-electron chi connectivity index (χ0n) is 9.64. The summed E-state index contributed by atoms with van der Waals surface area (Å²) in [6.07, 6.45) is 1.59. The molecule has 1 aliphatic rings. The van der Waals surface area contributed by atoms with Gasteiger partial charge in [-0.15, -0.1) is 0 Å². The number of hydrogen-bond acceptors (Lipinski definition) is 3. The Morgan fingerprint density at radius 2 is 2.06 bits per heavy atom. The standard InChI is InChI=1S/C12H15NO2S/c1-8-6-4-5-7-9(8)10-11(15-2)12(14)13(10)16-3/h4-7,10-11H,1-3H3. The fourth-order valence-electron chi connectivity index (χ4n) is 2.08. The van der Waals surface area contributed by atoms with Crippen molar-refractivity contribution < 1.29 is 9.53 Å². The summed E-state index contributed by atoms with van der Waals surface area (Å²) in [6.45, 7) is 2.06. The van der Waals surface area contributed by atoms with Crippen LogP contribution in [-0.2, 0) is 9.53 Å². The van der Waals surface area contributed by atoms with Crippen molar-refractivity contribution in [2.75, 3.05) is 13.4 Å². The SMILES string of the molecule is COC1C(=O)N(SC)C1c1ccccc1C. The highest BCUT2D eigenvalue weighted by Gasteiger charge is 2.49. The fourth-order valence-corrected chi connectivity index (χ4v) is 2.81.